The molecular formula is C12H9BrF3N3O2S. The third-order valence-corrected chi connectivity index (χ3v) is 5.12. The fourth-order valence-corrected chi connectivity index (χ4v) is 3.74. The highest BCUT2D eigenvalue weighted by atomic mass is 79.9. The van der Waals surface area contributed by atoms with Crippen LogP contribution in [-0.2, 0) is 0 Å². The van der Waals surface area contributed by atoms with E-state index in [2.05, 4.69) is 26.3 Å². The van der Waals surface area contributed by atoms with Gasteiger partial charge < -0.3 is 10.4 Å². The summed E-state index contributed by atoms with van der Waals surface area (Å²) in [6.45, 7) is 0. The number of carboxylic acid groups (broad SMARTS) is 1. The number of carbonyl (C=O) groups is 1. The van der Waals surface area contributed by atoms with Crippen LogP contribution in [-0.4, -0.2) is 27.0 Å². The van der Waals surface area contributed by atoms with Gasteiger partial charge in [0, 0.05) is 11.3 Å². The van der Waals surface area contributed by atoms with Crippen molar-refractivity contribution in [3.05, 3.63) is 32.6 Å². The van der Waals surface area contributed by atoms with Crippen LogP contribution in [0.4, 0.5) is 19.0 Å². The van der Waals surface area contributed by atoms with Crippen LogP contribution in [0.25, 0.3) is 0 Å². The molecule has 2 unspecified atom stereocenters. The highest BCUT2D eigenvalue weighted by molar-refractivity contribution is 9.10. The molecule has 0 amide bonds. The Morgan fingerprint density at radius 3 is 2.82 bits per heavy atom. The van der Waals surface area contributed by atoms with Crippen LogP contribution in [0.5, 0.6) is 0 Å². The number of rotatable bonds is 2. The molecule has 1 aliphatic rings. The topological polar surface area (TPSA) is 67.1 Å². The van der Waals surface area contributed by atoms with Crippen LogP contribution in [0.2, 0.25) is 0 Å². The van der Waals surface area contributed by atoms with E-state index in [9.17, 15) is 18.0 Å². The van der Waals surface area contributed by atoms with E-state index < -0.39 is 29.9 Å². The molecule has 2 aromatic heterocycles. The minimum absolute atomic E-state index is 0.0236. The van der Waals surface area contributed by atoms with Gasteiger partial charge in [-0.05, 0) is 27.4 Å². The highest BCUT2D eigenvalue weighted by Crippen LogP contribution is 2.46. The molecule has 2 atom stereocenters. The average Bonchev–Trinajstić information content (AvgIpc) is 3.05. The first-order valence-corrected chi connectivity index (χ1v) is 7.84. The van der Waals surface area contributed by atoms with Crippen LogP contribution >= 0.6 is 27.3 Å². The normalized spacial score (nSPS) is 21.3. The number of thiophene rings is 1. The summed E-state index contributed by atoms with van der Waals surface area (Å²) in [6, 6.07) is 1.08. The molecule has 0 spiro atoms. The molecule has 0 aliphatic carbocycles. The summed E-state index contributed by atoms with van der Waals surface area (Å²) in [4.78, 5) is 11.8. The molecule has 5 nitrogen and oxygen atoms in total. The van der Waals surface area contributed by atoms with Crippen molar-refractivity contribution in [3.63, 3.8) is 0 Å². The van der Waals surface area contributed by atoms with Crippen molar-refractivity contribution in [2.75, 3.05) is 5.32 Å². The molecular weight excluding hydrogens is 387 g/mol. The Labute approximate surface area is 134 Å². The average molecular weight is 396 g/mol. The zero-order valence-corrected chi connectivity index (χ0v) is 13.2. The largest absolute Gasteiger partial charge is 0.476 e. The molecule has 0 radical (unpaired) electrons. The maximum absolute atomic E-state index is 13.3. The first-order chi connectivity index (χ1) is 10.3. The number of aromatic carboxylic acids is 1. The summed E-state index contributed by atoms with van der Waals surface area (Å²) in [7, 11) is 0. The lowest BCUT2D eigenvalue weighted by Gasteiger charge is -2.33. The molecule has 3 rings (SSSR count). The van der Waals surface area contributed by atoms with Gasteiger partial charge in [-0.1, -0.05) is 6.07 Å². The Bertz CT molecular complexity index is 714. The number of hydrogen-bond acceptors (Lipinski definition) is 4. The second-order valence-corrected chi connectivity index (χ2v) is 6.54. The number of nitrogens with zero attached hydrogens (tertiary/aromatic N) is 2. The zero-order chi connectivity index (χ0) is 16.1. The minimum Gasteiger partial charge on any atom is -0.476 e. The first kappa shape index (κ1) is 15.3. The third-order valence-electron chi connectivity index (χ3n) is 3.38. The van der Waals surface area contributed by atoms with E-state index in [0.717, 1.165) is 4.88 Å². The van der Waals surface area contributed by atoms with Gasteiger partial charge in [-0.2, -0.15) is 18.3 Å². The van der Waals surface area contributed by atoms with Crippen molar-refractivity contribution >= 4 is 39.1 Å². The molecule has 0 saturated heterocycles. The van der Waals surface area contributed by atoms with Crippen molar-refractivity contribution in [1.29, 1.82) is 0 Å². The summed E-state index contributed by atoms with van der Waals surface area (Å²) in [6.07, 6.45) is -4.77. The predicted molar refractivity (Wildman–Crippen MR) is 77.3 cm³/mol. The van der Waals surface area contributed by atoms with Crippen molar-refractivity contribution in [1.82, 2.24) is 9.78 Å². The van der Waals surface area contributed by atoms with Crippen LogP contribution in [0, 0.1) is 0 Å². The SMILES string of the molecule is O=C(O)c1nn2c(c1Br)NC(c1cccs1)CC2C(F)(F)F. The molecule has 0 bridgehead atoms. The second-order valence-electron chi connectivity index (χ2n) is 4.77. The highest BCUT2D eigenvalue weighted by Gasteiger charge is 2.47. The van der Waals surface area contributed by atoms with Crippen LogP contribution in [0.15, 0.2) is 22.0 Å². The van der Waals surface area contributed by atoms with Gasteiger partial charge in [0.15, 0.2) is 11.7 Å². The van der Waals surface area contributed by atoms with Crippen molar-refractivity contribution in [3.8, 4) is 0 Å². The van der Waals surface area contributed by atoms with Crippen LogP contribution < -0.4 is 5.32 Å². The summed E-state index contributed by atoms with van der Waals surface area (Å²) < 4.78 is 40.7. The molecule has 0 saturated carbocycles. The third kappa shape index (κ3) is 2.50. The van der Waals surface area contributed by atoms with Gasteiger partial charge in [0.2, 0.25) is 0 Å². The van der Waals surface area contributed by atoms with Gasteiger partial charge in [-0.25, -0.2) is 9.48 Å². The lowest BCUT2D eigenvalue weighted by atomic mass is 10.0. The van der Waals surface area contributed by atoms with Crippen LogP contribution in [0.1, 0.15) is 33.9 Å². The fourth-order valence-electron chi connectivity index (χ4n) is 2.40. The number of halogens is 4. The Hall–Kier alpha value is -1.55. The van der Waals surface area contributed by atoms with E-state index in [0.29, 0.717) is 4.68 Å². The van der Waals surface area contributed by atoms with E-state index in [1.165, 1.54) is 11.3 Å². The monoisotopic (exact) mass is 395 g/mol. The van der Waals surface area contributed by atoms with Gasteiger partial charge in [-0.3, -0.25) is 0 Å². The van der Waals surface area contributed by atoms with Gasteiger partial charge in [-0.15, -0.1) is 11.3 Å². The maximum Gasteiger partial charge on any atom is 0.410 e. The van der Waals surface area contributed by atoms with Crippen LogP contribution in [0.3, 0.4) is 0 Å². The molecule has 1 aliphatic heterocycles. The molecule has 2 aromatic rings. The second kappa shape index (κ2) is 5.27. The summed E-state index contributed by atoms with van der Waals surface area (Å²) >= 11 is 4.38. The molecule has 118 valence electrons. The molecule has 2 N–H and O–H groups in total. The van der Waals surface area contributed by atoms with Gasteiger partial charge in [0.05, 0.1) is 10.5 Å². The number of alkyl halides is 3. The van der Waals surface area contributed by atoms with E-state index in [1.54, 1.807) is 17.5 Å². The van der Waals surface area contributed by atoms with Gasteiger partial charge >= 0.3 is 12.1 Å². The Balaban J connectivity index is 2.10. The lowest BCUT2D eigenvalue weighted by Crippen LogP contribution is -2.35. The van der Waals surface area contributed by atoms with Crippen molar-refractivity contribution in [2.45, 2.75) is 24.7 Å². The number of aromatic nitrogens is 2. The molecule has 3 heterocycles. The quantitative estimate of drug-likeness (QED) is 0.804. The number of nitrogens with one attached hydrogen (secondary N) is 1. The summed E-state index contributed by atoms with van der Waals surface area (Å²) in [5.41, 5.74) is -0.441. The predicted octanol–water partition coefficient (Wildman–Crippen LogP) is 4.07. The van der Waals surface area contributed by atoms with E-state index >= 15 is 0 Å². The Kier molecular flexibility index (Phi) is 3.68. The minimum atomic E-state index is -4.52. The zero-order valence-electron chi connectivity index (χ0n) is 10.8. The number of hydrogen-bond donors (Lipinski definition) is 2. The fraction of sp³-hybridized carbons (Fsp3) is 0.333. The Morgan fingerprint density at radius 2 is 2.27 bits per heavy atom. The van der Waals surface area contributed by atoms with E-state index in [4.69, 9.17) is 5.11 Å². The Morgan fingerprint density at radius 1 is 1.55 bits per heavy atom. The lowest BCUT2D eigenvalue weighted by molar-refractivity contribution is -0.173. The number of fused-ring (bicyclic) bond motifs is 1. The van der Waals surface area contributed by atoms with Crippen molar-refractivity contribution in [2.24, 2.45) is 0 Å². The van der Waals surface area contributed by atoms with Gasteiger partial charge in [0.1, 0.15) is 5.82 Å². The summed E-state index contributed by atoms with van der Waals surface area (Å²) in [5.74, 6) is -1.35. The van der Waals surface area contributed by atoms with E-state index in [1.807, 2.05) is 0 Å². The van der Waals surface area contributed by atoms with Crippen molar-refractivity contribution < 1.29 is 23.1 Å². The van der Waals surface area contributed by atoms with E-state index in [-0.39, 0.29) is 16.7 Å². The molecule has 22 heavy (non-hydrogen) atoms. The summed E-state index contributed by atoms with van der Waals surface area (Å²) in [5, 5.41) is 17.4. The molecule has 0 aromatic carbocycles. The smallest absolute Gasteiger partial charge is 0.410 e. The number of carboxylic acids is 1. The standard InChI is InChI=1S/C12H9BrF3N3O2S/c13-8-9(11(20)21)18-19-7(12(14,15)16)4-5(17-10(8)19)6-2-1-3-22-6/h1-3,5,7,17H,4H2,(H,20,21). The molecule has 10 heteroatoms. The first-order valence-electron chi connectivity index (χ1n) is 6.17. The molecule has 0 fully saturated rings. The maximum atomic E-state index is 13.3. The van der Waals surface area contributed by atoms with Gasteiger partial charge in [0.25, 0.3) is 0 Å². The number of anilines is 1.